The highest BCUT2D eigenvalue weighted by Gasteiger charge is 2.32. The predicted molar refractivity (Wildman–Crippen MR) is 82.5 cm³/mol. The van der Waals surface area contributed by atoms with Crippen LogP contribution in [-0.4, -0.2) is 30.8 Å². The number of aldehydes is 1. The Hall–Kier alpha value is -0.370. The van der Waals surface area contributed by atoms with E-state index in [0.29, 0.717) is 0 Å². The minimum atomic E-state index is -0.0298. The average Bonchev–Trinajstić information content (AvgIpc) is 2.68. The third-order valence-corrected chi connectivity index (χ3v) is 4.54. The van der Waals surface area contributed by atoms with Gasteiger partial charge in [-0.15, -0.1) is 0 Å². The maximum atomic E-state index is 11.7. The molecule has 2 heteroatoms. The largest absolute Gasteiger partial charge is 0.303 e. The van der Waals surface area contributed by atoms with Crippen LogP contribution in [-0.2, 0) is 4.79 Å². The Balaban J connectivity index is 2.57. The summed E-state index contributed by atoms with van der Waals surface area (Å²) in [6.45, 7) is 7.85. The molecule has 1 aliphatic carbocycles. The second kappa shape index (κ2) is 9.52. The van der Waals surface area contributed by atoms with Crippen LogP contribution in [0.15, 0.2) is 0 Å². The Labute approximate surface area is 119 Å². The summed E-state index contributed by atoms with van der Waals surface area (Å²) in [7, 11) is 0. The molecular weight excluding hydrogens is 234 g/mol. The molecule has 0 heterocycles. The molecule has 2 nitrogen and oxygen atoms in total. The molecule has 0 aromatic rings. The van der Waals surface area contributed by atoms with E-state index in [4.69, 9.17) is 0 Å². The molecule has 112 valence electrons. The Morgan fingerprint density at radius 1 is 0.947 bits per heavy atom. The van der Waals surface area contributed by atoms with Crippen LogP contribution in [0.4, 0.5) is 0 Å². The van der Waals surface area contributed by atoms with E-state index in [1.54, 1.807) is 0 Å². The first-order chi connectivity index (χ1) is 9.26. The van der Waals surface area contributed by atoms with Crippen LogP contribution >= 0.6 is 0 Å². The smallest absolute Gasteiger partial charge is 0.127 e. The van der Waals surface area contributed by atoms with Gasteiger partial charge < -0.3 is 9.69 Å². The first kappa shape index (κ1) is 16.7. The molecular formula is C17H33NO. The van der Waals surface area contributed by atoms with Crippen molar-refractivity contribution >= 4 is 6.29 Å². The van der Waals surface area contributed by atoms with Gasteiger partial charge in [-0.2, -0.15) is 0 Å². The van der Waals surface area contributed by atoms with Crippen molar-refractivity contribution in [3.63, 3.8) is 0 Å². The van der Waals surface area contributed by atoms with Gasteiger partial charge >= 0.3 is 0 Å². The zero-order valence-corrected chi connectivity index (χ0v) is 13.1. The number of carbonyl (C=O) groups excluding carboxylic acids is 1. The highest BCUT2D eigenvalue weighted by atomic mass is 16.1. The second-order valence-electron chi connectivity index (χ2n) is 6.38. The van der Waals surface area contributed by atoms with Gasteiger partial charge in [-0.25, -0.2) is 0 Å². The summed E-state index contributed by atoms with van der Waals surface area (Å²) in [6, 6.07) is 0. The van der Waals surface area contributed by atoms with Crippen molar-refractivity contribution in [1.82, 2.24) is 4.90 Å². The fraction of sp³-hybridized carbons (Fsp3) is 0.941. The summed E-state index contributed by atoms with van der Waals surface area (Å²) in [5, 5.41) is 0. The highest BCUT2D eigenvalue weighted by Crippen LogP contribution is 2.34. The van der Waals surface area contributed by atoms with Gasteiger partial charge in [0.1, 0.15) is 6.29 Å². The summed E-state index contributed by atoms with van der Waals surface area (Å²) in [5.74, 6) is 0. The molecule has 0 N–H and O–H groups in total. The van der Waals surface area contributed by atoms with Crippen LogP contribution < -0.4 is 0 Å². The molecule has 0 amide bonds. The topological polar surface area (TPSA) is 20.3 Å². The van der Waals surface area contributed by atoms with Crippen LogP contribution in [0.2, 0.25) is 0 Å². The Kier molecular flexibility index (Phi) is 8.36. The third-order valence-electron chi connectivity index (χ3n) is 4.54. The van der Waals surface area contributed by atoms with E-state index in [9.17, 15) is 4.79 Å². The lowest BCUT2D eigenvalue weighted by Gasteiger charge is -2.34. The van der Waals surface area contributed by atoms with Gasteiger partial charge in [0.2, 0.25) is 0 Å². The van der Waals surface area contributed by atoms with E-state index in [1.165, 1.54) is 70.7 Å². The molecule has 1 rings (SSSR count). The summed E-state index contributed by atoms with van der Waals surface area (Å²) < 4.78 is 0. The molecule has 1 saturated carbocycles. The molecule has 0 aromatic carbocycles. The Morgan fingerprint density at radius 3 is 1.89 bits per heavy atom. The predicted octanol–water partition coefficient (Wildman–Crippen LogP) is 4.43. The van der Waals surface area contributed by atoms with Crippen LogP contribution in [0.1, 0.15) is 78.1 Å². The lowest BCUT2D eigenvalue weighted by molar-refractivity contribution is -0.118. The lowest BCUT2D eigenvalue weighted by atomic mass is 9.81. The average molecular weight is 267 g/mol. The Bertz CT molecular complexity index is 223. The molecule has 0 unspecified atom stereocenters. The molecule has 1 fully saturated rings. The lowest BCUT2D eigenvalue weighted by Crippen LogP contribution is -2.40. The second-order valence-corrected chi connectivity index (χ2v) is 6.38. The van der Waals surface area contributed by atoms with E-state index in [0.717, 1.165) is 19.4 Å². The van der Waals surface area contributed by atoms with Gasteiger partial charge in [-0.1, -0.05) is 52.4 Å². The SMILES string of the molecule is CCCCN(CCCC)CC1(C=O)CCCCCC1. The van der Waals surface area contributed by atoms with Gasteiger partial charge in [0.15, 0.2) is 0 Å². The summed E-state index contributed by atoms with van der Waals surface area (Å²) in [4.78, 5) is 14.3. The number of unbranched alkanes of at least 4 members (excludes halogenated alkanes) is 2. The van der Waals surface area contributed by atoms with E-state index in [1.807, 2.05) is 0 Å². The minimum absolute atomic E-state index is 0.0298. The quantitative estimate of drug-likeness (QED) is 0.455. The molecule has 19 heavy (non-hydrogen) atoms. The van der Waals surface area contributed by atoms with Crippen LogP contribution in [0, 0.1) is 5.41 Å². The van der Waals surface area contributed by atoms with Crippen molar-refractivity contribution in [3.05, 3.63) is 0 Å². The fourth-order valence-electron chi connectivity index (χ4n) is 3.22. The van der Waals surface area contributed by atoms with Gasteiger partial charge in [-0.05, 0) is 38.8 Å². The van der Waals surface area contributed by atoms with Gasteiger partial charge in [0.05, 0.1) is 0 Å². The van der Waals surface area contributed by atoms with Gasteiger partial charge in [0, 0.05) is 12.0 Å². The summed E-state index contributed by atoms with van der Waals surface area (Å²) >= 11 is 0. The molecule has 0 aromatic heterocycles. The number of hydrogen-bond acceptors (Lipinski definition) is 2. The monoisotopic (exact) mass is 267 g/mol. The molecule has 0 spiro atoms. The van der Waals surface area contributed by atoms with Crippen molar-refractivity contribution in [2.75, 3.05) is 19.6 Å². The first-order valence-electron chi connectivity index (χ1n) is 8.45. The minimum Gasteiger partial charge on any atom is -0.303 e. The van der Waals surface area contributed by atoms with Crippen molar-refractivity contribution < 1.29 is 4.79 Å². The first-order valence-corrected chi connectivity index (χ1v) is 8.45. The Morgan fingerprint density at radius 2 is 1.47 bits per heavy atom. The van der Waals surface area contributed by atoms with Crippen molar-refractivity contribution in [2.45, 2.75) is 78.1 Å². The number of rotatable bonds is 9. The summed E-state index contributed by atoms with van der Waals surface area (Å²) in [6.07, 6.45) is 13.7. The van der Waals surface area contributed by atoms with E-state index >= 15 is 0 Å². The zero-order chi connectivity index (χ0) is 14.0. The van der Waals surface area contributed by atoms with Gasteiger partial charge in [0.25, 0.3) is 0 Å². The molecule has 0 aliphatic heterocycles. The van der Waals surface area contributed by atoms with Crippen molar-refractivity contribution in [3.8, 4) is 0 Å². The molecule has 1 aliphatic rings. The normalized spacial score (nSPS) is 19.3. The van der Waals surface area contributed by atoms with E-state index in [2.05, 4.69) is 18.7 Å². The third kappa shape index (κ3) is 6.07. The number of hydrogen-bond donors (Lipinski definition) is 0. The zero-order valence-electron chi connectivity index (χ0n) is 13.1. The van der Waals surface area contributed by atoms with E-state index in [-0.39, 0.29) is 5.41 Å². The molecule has 0 bridgehead atoms. The van der Waals surface area contributed by atoms with Crippen LogP contribution in [0.3, 0.4) is 0 Å². The fourth-order valence-corrected chi connectivity index (χ4v) is 3.22. The highest BCUT2D eigenvalue weighted by molar-refractivity contribution is 5.59. The van der Waals surface area contributed by atoms with Crippen LogP contribution in [0.5, 0.6) is 0 Å². The molecule has 0 saturated heterocycles. The van der Waals surface area contributed by atoms with Crippen molar-refractivity contribution in [1.29, 1.82) is 0 Å². The summed E-state index contributed by atoms with van der Waals surface area (Å²) in [5.41, 5.74) is -0.0298. The van der Waals surface area contributed by atoms with Crippen molar-refractivity contribution in [2.24, 2.45) is 5.41 Å². The standard InChI is InChI=1S/C17H33NO/c1-3-5-13-18(14-6-4-2)15-17(16-19)11-9-7-8-10-12-17/h16H,3-15H2,1-2H3. The van der Waals surface area contributed by atoms with Crippen LogP contribution in [0.25, 0.3) is 0 Å². The van der Waals surface area contributed by atoms with E-state index < -0.39 is 0 Å². The molecule has 0 atom stereocenters. The van der Waals surface area contributed by atoms with Gasteiger partial charge in [-0.3, -0.25) is 0 Å². The number of nitrogens with zero attached hydrogens (tertiary/aromatic N) is 1. The maximum Gasteiger partial charge on any atom is 0.127 e. The molecule has 0 radical (unpaired) electrons. The maximum absolute atomic E-state index is 11.7. The number of carbonyl (C=O) groups is 1.